The van der Waals surface area contributed by atoms with Gasteiger partial charge in [-0.2, -0.15) is 0 Å². The van der Waals surface area contributed by atoms with E-state index in [-0.39, 0.29) is 18.4 Å². The molecule has 0 saturated heterocycles. The van der Waals surface area contributed by atoms with Crippen molar-refractivity contribution in [3.8, 4) is 0 Å². The van der Waals surface area contributed by atoms with Crippen LogP contribution in [0.4, 0.5) is 0 Å². The average Bonchev–Trinajstić information content (AvgIpc) is 3.05. The summed E-state index contributed by atoms with van der Waals surface area (Å²) in [4.78, 5) is 28.5. The maximum Gasteiger partial charge on any atom is 0.242 e. The van der Waals surface area contributed by atoms with E-state index >= 15 is 0 Å². The molecule has 0 radical (unpaired) electrons. The fourth-order valence-electron chi connectivity index (χ4n) is 2.84. The van der Waals surface area contributed by atoms with Gasteiger partial charge in [0.2, 0.25) is 11.8 Å². The highest BCUT2D eigenvalue weighted by molar-refractivity contribution is 5.84. The summed E-state index contributed by atoms with van der Waals surface area (Å²) in [7, 11) is 0. The van der Waals surface area contributed by atoms with E-state index in [9.17, 15) is 9.59 Å². The second-order valence-electron chi connectivity index (χ2n) is 6.42. The fraction of sp³-hybridized carbons (Fsp3) is 0.429. The molecule has 1 heterocycles. The van der Waals surface area contributed by atoms with Crippen LogP contribution in [0, 0.1) is 6.92 Å². The SMILES string of the molecule is CCCN(CC(=O)N(Cc1ccccc1)Cc1ccc(C)o1)C(=O)CC. The molecule has 5 nitrogen and oxygen atoms in total. The Morgan fingerprint density at radius 2 is 1.65 bits per heavy atom. The van der Waals surface area contributed by atoms with Gasteiger partial charge in [-0.05, 0) is 31.0 Å². The van der Waals surface area contributed by atoms with Crippen molar-refractivity contribution in [2.75, 3.05) is 13.1 Å². The average molecular weight is 356 g/mol. The molecule has 26 heavy (non-hydrogen) atoms. The second-order valence-corrected chi connectivity index (χ2v) is 6.42. The van der Waals surface area contributed by atoms with Gasteiger partial charge in [-0.3, -0.25) is 9.59 Å². The monoisotopic (exact) mass is 356 g/mol. The summed E-state index contributed by atoms with van der Waals surface area (Å²) in [5.74, 6) is 1.50. The summed E-state index contributed by atoms with van der Waals surface area (Å²) < 4.78 is 5.65. The van der Waals surface area contributed by atoms with Crippen LogP contribution in [0.2, 0.25) is 0 Å². The molecular formula is C21H28N2O3. The Morgan fingerprint density at radius 1 is 0.923 bits per heavy atom. The molecule has 0 bridgehead atoms. The van der Waals surface area contributed by atoms with Crippen LogP contribution in [0.3, 0.4) is 0 Å². The smallest absolute Gasteiger partial charge is 0.242 e. The fourth-order valence-corrected chi connectivity index (χ4v) is 2.84. The third-order valence-electron chi connectivity index (χ3n) is 4.19. The van der Waals surface area contributed by atoms with E-state index < -0.39 is 0 Å². The molecule has 140 valence electrons. The molecular weight excluding hydrogens is 328 g/mol. The van der Waals surface area contributed by atoms with Crippen LogP contribution in [0.1, 0.15) is 43.8 Å². The van der Waals surface area contributed by atoms with Crippen molar-refractivity contribution in [3.05, 3.63) is 59.5 Å². The van der Waals surface area contributed by atoms with E-state index in [2.05, 4.69) is 0 Å². The number of rotatable bonds is 9. The van der Waals surface area contributed by atoms with Crippen LogP contribution in [0.15, 0.2) is 46.9 Å². The Balaban J connectivity index is 2.15. The zero-order valence-electron chi connectivity index (χ0n) is 15.9. The minimum Gasteiger partial charge on any atom is -0.464 e. The third-order valence-corrected chi connectivity index (χ3v) is 4.19. The predicted molar refractivity (Wildman–Crippen MR) is 101 cm³/mol. The molecule has 0 fully saturated rings. The highest BCUT2D eigenvalue weighted by Gasteiger charge is 2.21. The summed E-state index contributed by atoms with van der Waals surface area (Å²) in [6.45, 7) is 7.29. The Bertz CT molecular complexity index is 709. The van der Waals surface area contributed by atoms with E-state index in [0.29, 0.717) is 26.1 Å². The maximum absolute atomic E-state index is 13.0. The van der Waals surface area contributed by atoms with Crippen LogP contribution in [-0.2, 0) is 22.7 Å². The molecule has 1 aromatic carbocycles. The first-order chi connectivity index (χ1) is 12.5. The lowest BCUT2D eigenvalue weighted by molar-refractivity contribution is -0.141. The molecule has 0 saturated carbocycles. The van der Waals surface area contributed by atoms with Crippen LogP contribution in [0.5, 0.6) is 0 Å². The topological polar surface area (TPSA) is 53.8 Å². The van der Waals surface area contributed by atoms with Crippen molar-refractivity contribution in [3.63, 3.8) is 0 Å². The summed E-state index contributed by atoms with van der Waals surface area (Å²) in [5, 5.41) is 0. The predicted octanol–water partition coefficient (Wildman–Crippen LogP) is 3.77. The van der Waals surface area contributed by atoms with E-state index in [1.54, 1.807) is 9.80 Å². The van der Waals surface area contributed by atoms with E-state index in [1.807, 2.05) is 63.2 Å². The normalized spacial score (nSPS) is 10.6. The summed E-state index contributed by atoms with van der Waals surface area (Å²) in [5.41, 5.74) is 1.05. The van der Waals surface area contributed by atoms with Crippen molar-refractivity contribution < 1.29 is 14.0 Å². The summed E-state index contributed by atoms with van der Waals surface area (Å²) in [6, 6.07) is 13.6. The lowest BCUT2D eigenvalue weighted by atomic mass is 10.2. The van der Waals surface area contributed by atoms with E-state index in [4.69, 9.17) is 4.42 Å². The number of aryl methyl sites for hydroxylation is 1. The van der Waals surface area contributed by atoms with Crippen molar-refractivity contribution in [1.29, 1.82) is 0 Å². The van der Waals surface area contributed by atoms with Crippen molar-refractivity contribution in [2.45, 2.75) is 46.7 Å². The zero-order valence-corrected chi connectivity index (χ0v) is 15.9. The number of nitrogens with zero attached hydrogens (tertiary/aromatic N) is 2. The third kappa shape index (κ3) is 5.76. The Morgan fingerprint density at radius 3 is 2.23 bits per heavy atom. The molecule has 0 atom stereocenters. The van der Waals surface area contributed by atoms with Crippen molar-refractivity contribution in [2.24, 2.45) is 0 Å². The molecule has 2 aromatic rings. The van der Waals surface area contributed by atoms with E-state index in [0.717, 1.165) is 23.5 Å². The molecule has 0 aliphatic rings. The molecule has 2 amide bonds. The molecule has 1 aromatic heterocycles. The van der Waals surface area contributed by atoms with Gasteiger partial charge < -0.3 is 14.2 Å². The van der Waals surface area contributed by atoms with Gasteiger partial charge in [0.25, 0.3) is 0 Å². The van der Waals surface area contributed by atoms with Gasteiger partial charge in [0.1, 0.15) is 11.5 Å². The molecule has 2 rings (SSSR count). The van der Waals surface area contributed by atoms with Gasteiger partial charge >= 0.3 is 0 Å². The number of amides is 2. The number of hydrogen-bond acceptors (Lipinski definition) is 3. The maximum atomic E-state index is 13.0. The van der Waals surface area contributed by atoms with Gasteiger partial charge in [0.15, 0.2) is 0 Å². The Hall–Kier alpha value is -2.56. The number of benzene rings is 1. The van der Waals surface area contributed by atoms with Crippen LogP contribution in [-0.4, -0.2) is 34.7 Å². The zero-order chi connectivity index (χ0) is 18.9. The van der Waals surface area contributed by atoms with E-state index in [1.165, 1.54) is 0 Å². The summed E-state index contributed by atoms with van der Waals surface area (Å²) >= 11 is 0. The van der Waals surface area contributed by atoms with Gasteiger partial charge in [0, 0.05) is 19.5 Å². The van der Waals surface area contributed by atoms with Crippen molar-refractivity contribution >= 4 is 11.8 Å². The first kappa shape index (κ1) is 19.8. The first-order valence-electron chi connectivity index (χ1n) is 9.18. The standard InChI is InChI=1S/C21H28N2O3/c1-4-13-22(20(24)5-2)16-21(25)23(14-18-9-7-6-8-10-18)15-19-12-11-17(3)26-19/h6-12H,4-5,13-16H2,1-3H3. The van der Waals surface area contributed by atoms with Gasteiger partial charge in [-0.1, -0.05) is 44.2 Å². The quantitative estimate of drug-likeness (QED) is 0.687. The molecule has 5 heteroatoms. The lowest BCUT2D eigenvalue weighted by Gasteiger charge is -2.27. The Kier molecular flexibility index (Phi) is 7.45. The first-order valence-corrected chi connectivity index (χ1v) is 9.18. The lowest BCUT2D eigenvalue weighted by Crippen LogP contribution is -2.42. The number of furan rings is 1. The van der Waals surface area contributed by atoms with Crippen LogP contribution < -0.4 is 0 Å². The minimum absolute atomic E-state index is 0.00806. The van der Waals surface area contributed by atoms with Crippen molar-refractivity contribution in [1.82, 2.24) is 9.80 Å². The van der Waals surface area contributed by atoms with Crippen LogP contribution >= 0.6 is 0 Å². The number of hydrogen-bond donors (Lipinski definition) is 0. The van der Waals surface area contributed by atoms with Crippen LogP contribution in [0.25, 0.3) is 0 Å². The molecule has 0 spiro atoms. The summed E-state index contributed by atoms with van der Waals surface area (Å²) in [6.07, 6.45) is 1.23. The molecule has 0 aliphatic heterocycles. The van der Waals surface area contributed by atoms with Gasteiger partial charge in [0.05, 0.1) is 13.1 Å². The molecule has 0 unspecified atom stereocenters. The van der Waals surface area contributed by atoms with Gasteiger partial charge in [-0.15, -0.1) is 0 Å². The Labute approximate surface area is 155 Å². The molecule has 0 aliphatic carbocycles. The number of carbonyl (C=O) groups excluding carboxylic acids is 2. The molecule has 0 N–H and O–H groups in total. The minimum atomic E-state index is -0.0712. The van der Waals surface area contributed by atoms with Gasteiger partial charge in [-0.25, -0.2) is 0 Å². The highest BCUT2D eigenvalue weighted by Crippen LogP contribution is 2.14. The largest absolute Gasteiger partial charge is 0.464 e. The number of carbonyl (C=O) groups is 2. The highest BCUT2D eigenvalue weighted by atomic mass is 16.3. The second kappa shape index (κ2) is 9.80.